The van der Waals surface area contributed by atoms with Gasteiger partial charge in [0.05, 0.1) is 33.3 Å². The largest absolute Gasteiger partial charge is 0.435 e. The van der Waals surface area contributed by atoms with Crippen molar-refractivity contribution >= 4 is 76.3 Å². The minimum Gasteiger partial charge on any atom is -0.435 e. The van der Waals surface area contributed by atoms with Crippen molar-refractivity contribution in [1.82, 2.24) is 29.1 Å². The topological polar surface area (TPSA) is 74.6 Å². The number of nitrogens with zero attached hydrogens (tertiary/aromatic N) is 6. The Hall–Kier alpha value is -8.42. The molecule has 0 unspecified atom stereocenters. The molecule has 7 heteroatoms. The molecule has 13 rings (SSSR count). The maximum Gasteiger partial charge on any atom is 0.238 e. The first-order valence-electron chi connectivity index (χ1n) is 20.4. The van der Waals surface area contributed by atoms with E-state index >= 15 is 0 Å². The van der Waals surface area contributed by atoms with Crippen molar-refractivity contribution < 1.29 is 4.42 Å². The van der Waals surface area contributed by atoms with Gasteiger partial charge in [-0.2, -0.15) is 9.97 Å². The Kier molecular flexibility index (Phi) is 7.17. The van der Waals surface area contributed by atoms with Crippen LogP contribution in [0.2, 0.25) is 0 Å². The van der Waals surface area contributed by atoms with E-state index in [-0.39, 0.29) is 0 Å². The van der Waals surface area contributed by atoms with E-state index < -0.39 is 0 Å². The summed E-state index contributed by atoms with van der Waals surface area (Å²) in [5.41, 5.74) is 9.15. The number of hydrogen-bond acceptors (Lipinski definition) is 5. The predicted molar refractivity (Wildman–Crippen MR) is 247 cm³/mol. The van der Waals surface area contributed by atoms with E-state index in [4.69, 9.17) is 24.4 Å². The van der Waals surface area contributed by atoms with Crippen molar-refractivity contribution in [1.29, 1.82) is 0 Å². The molecule has 9 aromatic carbocycles. The molecule has 0 aliphatic carbocycles. The summed E-state index contributed by atoms with van der Waals surface area (Å²) < 4.78 is 11.2. The summed E-state index contributed by atoms with van der Waals surface area (Å²) in [5, 5.41) is 9.31. The molecule has 0 saturated carbocycles. The molecule has 0 N–H and O–H groups in total. The van der Waals surface area contributed by atoms with Crippen LogP contribution in [0.15, 0.2) is 199 Å². The monoisotopic (exact) mass is 780 g/mol. The quantitative estimate of drug-likeness (QED) is 0.163. The average Bonchev–Trinajstić information content (AvgIpc) is 4.02. The van der Waals surface area contributed by atoms with Crippen molar-refractivity contribution in [2.45, 2.75) is 0 Å². The van der Waals surface area contributed by atoms with Gasteiger partial charge in [-0.3, -0.25) is 4.57 Å². The van der Waals surface area contributed by atoms with E-state index in [1.54, 1.807) is 0 Å². The maximum absolute atomic E-state index is 6.56. The second kappa shape index (κ2) is 13.0. The van der Waals surface area contributed by atoms with Crippen LogP contribution in [0.5, 0.6) is 0 Å². The van der Waals surface area contributed by atoms with Crippen molar-refractivity contribution in [3.63, 3.8) is 0 Å². The Morgan fingerprint density at radius 2 is 0.951 bits per heavy atom. The van der Waals surface area contributed by atoms with E-state index in [9.17, 15) is 0 Å². The SMILES string of the molecule is c1ccc(-c2nc(-c3cccc4nc(-c5ccccc5)oc34)nc(-n3c4ccccc4c4ccc5c6ccccc6n(-c6cc7ccccc7c7ccccc67)c5c43)n2)cc1. The van der Waals surface area contributed by atoms with Gasteiger partial charge >= 0.3 is 0 Å². The number of benzene rings is 9. The van der Waals surface area contributed by atoms with E-state index in [1.165, 1.54) is 26.9 Å². The summed E-state index contributed by atoms with van der Waals surface area (Å²) in [4.78, 5) is 20.8. The van der Waals surface area contributed by atoms with Gasteiger partial charge in [0, 0.05) is 38.1 Å². The highest BCUT2D eigenvalue weighted by molar-refractivity contribution is 6.24. The minimum atomic E-state index is 0.490. The predicted octanol–water partition coefficient (Wildman–Crippen LogP) is 13.5. The Balaban J connectivity index is 1.17. The third kappa shape index (κ3) is 5.04. The number of fused-ring (bicyclic) bond motifs is 11. The van der Waals surface area contributed by atoms with E-state index in [0.717, 1.165) is 66.1 Å². The van der Waals surface area contributed by atoms with Crippen LogP contribution in [-0.4, -0.2) is 29.1 Å². The number of rotatable bonds is 5. The van der Waals surface area contributed by atoms with Gasteiger partial charge in [-0.05, 0) is 58.6 Å². The molecule has 0 fully saturated rings. The third-order valence-electron chi connectivity index (χ3n) is 12.0. The fourth-order valence-electron chi connectivity index (χ4n) is 9.31. The molecule has 284 valence electrons. The molecule has 0 atom stereocenters. The van der Waals surface area contributed by atoms with Crippen molar-refractivity contribution in [3.05, 3.63) is 194 Å². The molecule has 0 saturated heterocycles. The van der Waals surface area contributed by atoms with Crippen LogP contribution >= 0.6 is 0 Å². The number of hydrogen-bond donors (Lipinski definition) is 0. The Labute approximate surface area is 348 Å². The maximum atomic E-state index is 6.56. The van der Waals surface area contributed by atoms with Crippen LogP contribution in [0.4, 0.5) is 0 Å². The highest BCUT2D eigenvalue weighted by Gasteiger charge is 2.25. The van der Waals surface area contributed by atoms with Gasteiger partial charge in [-0.15, -0.1) is 0 Å². The van der Waals surface area contributed by atoms with Gasteiger partial charge in [0.25, 0.3) is 0 Å². The second-order valence-corrected chi connectivity index (χ2v) is 15.4. The highest BCUT2D eigenvalue weighted by Crippen LogP contribution is 2.44. The zero-order valence-electron chi connectivity index (χ0n) is 32.6. The number of para-hydroxylation sites is 3. The molecule has 0 aliphatic rings. The van der Waals surface area contributed by atoms with Crippen molar-refractivity contribution in [2.75, 3.05) is 0 Å². The zero-order valence-corrected chi connectivity index (χ0v) is 32.6. The van der Waals surface area contributed by atoms with E-state index in [0.29, 0.717) is 29.1 Å². The first-order valence-corrected chi connectivity index (χ1v) is 20.4. The van der Waals surface area contributed by atoms with Crippen LogP contribution in [0.3, 0.4) is 0 Å². The van der Waals surface area contributed by atoms with Crippen LogP contribution in [0.1, 0.15) is 0 Å². The van der Waals surface area contributed by atoms with E-state index in [1.807, 2.05) is 78.9 Å². The Morgan fingerprint density at radius 3 is 1.69 bits per heavy atom. The van der Waals surface area contributed by atoms with Gasteiger partial charge < -0.3 is 8.98 Å². The Morgan fingerprint density at radius 1 is 0.377 bits per heavy atom. The number of oxazole rings is 1. The van der Waals surface area contributed by atoms with Crippen LogP contribution in [0, 0.1) is 0 Å². The molecule has 4 heterocycles. The molecule has 4 aromatic heterocycles. The molecular formula is C54H32N6O. The van der Waals surface area contributed by atoms with Crippen LogP contribution in [0.25, 0.3) is 122 Å². The van der Waals surface area contributed by atoms with Gasteiger partial charge in [0.2, 0.25) is 11.8 Å². The number of aromatic nitrogens is 6. The van der Waals surface area contributed by atoms with E-state index in [2.05, 4.69) is 124 Å². The van der Waals surface area contributed by atoms with Crippen LogP contribution in [-0.2, 0) is 0 Å². The van der Waals surface area contributed by atoms with Crippen molar-refractivity contribution in [3.8, 4) is 45.9 Å². The average molecular weight is 781 g/mol. The fraction of sp³-hybridized carbons (Fsp3) is 0. The lowest BCUT2D eigenvalue weighted by atomic mass is 10.00. The smallest absolute Gasteiger partial charge is 0.238 e. The molecule has 0 amide bonds. The minimum absolute atomic E-state index is 0.490. The first kappa shape index (κ1) is 33.5. The first-order chi connectivity index (χ1) is 30.3. The molecule has 0 radical (unpaired) electrons. The molecular weight excluding hydrogens is 749 g/mol. The molecule has 0 spiro atoms. The lowest BCUT2D eigenvalue weighted by Gasteiger charge is -2.16. The lowest BCUT2D eigenvalue weighted by molar-refractivity contribution is 0.620. The summed E-state index contributed by atoms with van der Waals surface area (Å²) in [6.07, 6.45) is 0. The van der Waals surface area contributed by atoms with Gasteiger partial charge in [-0.25, -0.2) is 9.97 Å². The summed E-state index contributed by atoms with van der Waals surface area (Å²) >= 11 is 0. The summed E-state index contributed by atoms with van der Waals surface area (Å²) in [6, 6.07) is 67.6. The summed E-state index contributed by atoms with van der Waals surface area (Å²) in [6.45, 7) is 0. The molecule has 7 nitrogen and oxygen atoms in total. The van der Waals surface area contributed by atoms with Crippen LogP contribution < -0.4 is 0 Å². The molecule has 0 bridgehead atoms. The molecule has 61 heavy (non-hydrogen) atoms. The van der Waals surface area contributed by atoms with Gasteiger partial charge in [0.15, 0.2) is 17.2 Å². The lowest BCUT2D eigenvalue weighted by Crippen LogP contribution is -2.07. The fourth-order valence-corrected chi connectivity index (χ4v) is 9.31. The Bertz CT molecular complexity index is 3880. The third-order valence-corrected chi connectivity index (χ3v) is 12.0. The highest BCUT2D eigenvalue weighted by atomic mass is 16.3. The second-order valence-electron chi connectivity index (χ2n) is 15.4. The molecule has 13 aromatic rings. The zero-order chi connectivity index (χ0) is 40.0. The van der Waals surface area contributed by atoms with Gasteiger partial charge in [0.1, 0.15) is 5.52 Å². The standard InChI is InChI=1S/C54H32N6O/c1-3-16-33(17-4-1)51-56-52(43-26-15-27-44-50(43)61-53(55-44)34-18-5-2-6-19-34)58-54(57-51)60-46-29-14-12-25-40(46)42-31-30-41-39-24-11-13-28-45(39)59(48(41)49(42)60)47-32-35-20-7-8-21-36(35)37-22-9-10-23-38(37)47/h1-32H. The summed E-state index contributed by atoms with van der Waals surface area (Å²) in [7, 11) is 0. The summed E-state index contributed by atoms with van der Waals surface area (Å²) in [5.74, 6) is 2.09. The molecule has 0 aliphatic heterocycles. The normalized spacial score (nSPS) is 11.9. The van der Waals surface area contributed by atoms with Gasteiger partial charge in [-0.1, -0.05) is 152 Å². The van der Waals surface area contributed by atoms with Crippen molar-refractivity contribution in [2.24, 2.45) is 0 Å².